The van der Waals surface area contributed by atoms with E-state index in [0.717, 1.165) is 17.8 Å². The lowest BCUT2D eigenvalue weighted by molar-refractivity contribution is 0.0996. The van der Waals surface area contributed by atoms with E-state index in [1.807, 2.05) is 0 Å². The van der Waals surface area contributed by atoms with E-state index in [-0.39, 0.29) is 0 Å². The summed E-state index contributed by atoms with van der Waals surface area (Å²) in [5.41, 5.74) is 1.03. The van der Waals surface area contributed by atoms with Gasteiger partial charge in [0.2, 0.25) is 0 Å². The lowest BCUT2D eigenvalue weighted by Gasteiger charge is -2.39. The van der Waals surface area contributed by atoms with Crippen LogP contribution in [0.3, 0.4) is 0 Å². The number of rotatable bonds is 2. The van der Waals surface area contributed by atoms with Gasteiger partial charge in [0, 0.05) is 6.54 Å². The summed E-state index contributed by atoms with van der Waals surface area (Å²) < 4.78 is 0. The molecule has 118 valence electrons. The number of hydrogen-bond donors (Lipinski definition) is 0. The Morgan fingerprint density at radius 1 is 0.750 bits per heavy atom. The first-order valence-corrected chi connectivity index (χ1v) is 8.88. The third-order valence-corrected chi connectivity index (χ3v) is 6.09. The first-order valence-electron chi connectivity index (χ1n) is 8.88. The van der Waals surface area contributed by atoms with Gasteiger partial charge in [-0.25, -0.2) is 0 Å². The summed E-state index contributed by atoms with van der Waals surface area (Å²) in [4.78, 5) is 2.76. The zero-order chi connectivity index (χ0) is 15.0. The molecule has 0 N–H and O–H groups in total. The molecule has 2 rings (SSSR count). The van der Waals surface area contributed by atoms with Crippen molar-refractivity contribution in [3.63, 3.8) is 0 Å². The van der Waals surface area contributed by atoms with Crippen LogP contribution < -0.4 is 0 Å². The maximum atomic E-state index is 2.76. The Balaban J connectivity index is 1.74. The highest BCUT2D eigenvalue weighted by atomic mass is 15.1. The fraction of sp³-hybridized carbons (Fsp3) is 1.00. The van der Waals surface area contributed by atoms with Crippen molar-refractivity contribution in [2.45, 2.75) is 73.6 Å². The van der Waals surface area contributed by atoms with Crippen molar-refractivity contribution >= 4 is 0 Å². The van der Waals surface area contributed by atoms with Crippen LogP contribution in [-0.4, -0.2) is 24.5 Å². The molecule has 2 fully saturated rings. The van der Waals surface area contributed by atoms with Gasteiger partial charge in [0.25, 0.3) is 0 Å². The minimum Gasteiger partial charge on any atom is -0.303 e. The highest BCUT2D eigenvalue weighted by molar-refractivity contribution is 4.86. The maximum Gasteiger partial charge on any atom is 0.000977 e. The van der Waals surface area contributed by atoms with Gasteiger partial charge in [-0.05, 0) is 73.8 Å². The molecule has 1 saturated carbocycles. The molecule has 1 saturated heterocycles. The van der Waals surface area contributed by atoms with Crippen LogP contribution in [0.1, 0.15) is 73.6 Å². The Morgan fingerprint density at radius 3 is 1.75 bits per heavy atom. The molecule has 1 aliphatic heterocycles. The topological polar surface area (TPSA) is 3.24 Å². The van der Waals surface area contributed by atoms with E-state index in [9.17, 15) is 0 Å². The smallest absolute Gasteiger partial charge is 0.000977 e. The molecule has 1 heterocycles. The molecule has 1 unspecified atom stereocenters. The van der Waals surface area contributed by atoms with Gasteiger partial charge in [0.05, 0.1) is 0 Å². The van der Waals surface area contributed by atoms with Crippen molar-refractivity contribution in [3.05, 3.63) is 0 Å². The summed E-state index contributed by atoms with van der Waals surface area (Å²) in [6.07, 6.45) is 7.24. The number of piperidine rings is 1. The van der Waals surface area contributed by atoms with Crippen molar-refractivity contribution in [1.82, 2.24) is 4.90 Å². The summed E-state index contributed by atoms with van der Waals surface area (Å²) in [7, 11) is 0. The van der Waals surface area contributed by atoms with Gasteiger partial charge < -0.3 is 4.90 Å². The van der Waals surface area contributed by atoms with Crippen LogP contribution in [0.25, 0.3) is 0 Å². The number of nitrogens with zero attached hydrogens (tertiary/aromatic N) is 1. The monoisotopic (exact) mass is 279 g/mol. The molecule has 2 aliphatic rings. The van der Waals surface area contributed by atoms with Crippen LogP contribution in [0.2, 0.25) is 0 Å². The van der Waals surface area contributed by atoms with Crippen molar-refractivity contribution in [3.8, 4) is 0 Å². The second-order valence-electron chi connectivity index (χ2n) is 9.68. The zero-order valence-electron chi connectivity index (χ0n) is 14.8. The Labute approximate surface area is 127 Å². The maximum absolute atomic E-state index is 2.76. The largest absolute Gasteiger partial charge is 0.303 e. The summed E-state index contributed by atoms with van der Waals surface area (Å²) in [5, 5.41) is 0. The van der Waals surface area contributed by atoms with Crippen LogP contribution in [0, 0.1) is 28.6 Å². The van der Waals surface area contributed by atoms with Crippen LogP contribution >= 0.6 is 0 Å². The van der Waals surface area contributed by atoms with Crippen LogP contribution in [0.15, 0.2) is 0 Å². The Morgan fingerprint density at radius 2 is 1.30 bits per heavy atom. The van der Waals surface area contributed by atoms with E-state index in [1.165, 1.54) is 51.7 Å². The molecule has 0 aromatic rings. The molecule has 0 bridgehead atoms. The lowest BCUT2D eigenvalue weighted by Crippen LogP contribution is -2.40. The molecular weight excluding hydrogens is 242 g/mol. The van der Waals surface area contributed by atoms with Crippen LogP contribution in [0.5, 0.6) is 0 Å². The Kier molecular flexibility index (Phi) is 4.89. The van der Waals surface area contributed by atoms with E-state index >= 15 is 0 Å². The minimum atomic E-state index is 0.511. The molecule has 1 nitrogen and oxygen atoms in total. The van der Waals surface area contributed by atoms with Crippen molar-refractivity contribution < 1.29 is 0 Å². The molecule has 0 aromatic heterocycles. The van der Waals surface area contributed by atoms with E-state index in [0.29, 0.717) is 10.8 Å². The molecule has 0 aromatic carbocycles. The quantitative estimate of drug-likeness (QED) is 0.671. The van der Waals surface area contributed by atoms with Gasteiger partial charge in [-0.3, -0.25) is 0 Å². The van der Waals surface area contributed by atoms with Crippen molar-refractivity contribution in [1.29, 1.82) is 0 Å². The molecular formula is C19H37N. The molecule has 1 aliphatic carbocycles. The molecule has 1 heteroatoms. The van der Waals surface area contributed by atoms with Gasteiger partial charge in [-0.15, -0.1) is 0 Å². The average Bonchev–Trinajstić information content (AvgIpc) is 2.77. The predicted molar refractivity (Wildman–Crippen MR) is 88.9 cm³/mol. The third kappa shape index (κ3) is 4.23. The fourth-order valence-electron chi connectivity index (χ4n) is 4.37. The average molecular weight is 280 g/mol. The first-order chi connectivity index (χ1) is 9.16. The van der Waals surface area contributed by atoms with Crippen molar-refractivity contribution in [2.24, 2.45) is 28.6 Å². The Bertz CT molecular complexity index is 299. The predicted octanol–water partition coefficient (Wildman–Crippen LogP) is 5.21. The first kappa shape index (κ1) is 16.3. The lowest BCUT2D eigenvalue weighted by atomic mass is 9.75. The molecule has 20 heavy (non-hydrogen) atoms. The van der Waals surface area contributed by atoms with Gasteiger partial charge >= 0.3 is 0 Å². The second kappa shape index (κ2) is 5.99. The Hall–Kier alpha value is -0.0400. The second-order valence-corrected chi connectivity index (χ2v) is 9.68. The summed E-state index contributed by atoms with van der Waals surface area (Å²) in [6, 6.07) is 0. The minimum absolute atomic E-state index is 0.511. The van der Waals surface area contributed by atoms with E-state index in [1.54, 1.807) is 0 Å². The fourth-order valence-corrected chi connectivity index (χ4v) is 4.37. The van der Waals surface area contributed by atoms with Crippen LogP contribution in [0.4, 0.5) is 0 Å². The molecule has 0 spiro atoms. The van der Waals surface area contributed by atoms with Gasteiger partial charge in [-0.1, -0.05) is 41.5 Å². The zero-order valence-corrected chi connectivity index (χ0v) is 14.8. The van der Waals surface area contributed by atoms with E-state index in [2.05, 4.69) is 46.4 Å². The SMILES string of the molecule is CC(C)(C)C1CCN(C[C@H]2CCC(C(C)(C)C)C2)CC1. The highest BCUT2D eigenvalue weighted by Crippen LogP contribution is 2.42. The van der Waals surface area contributed by atoms with E-state index < -0.39 is 0 Å². The summed E-state index contributed by atoms with van der Waals surface area (Å²) >= 11 is 0. The standard InChI is InChI=1S/C19H37N/c1-18(2,3)16-9-11-20(12-10-16)14-15-7-8-17(13-15)19(4,5)6/h15-17H,7-14H2,1-6H3/t15-,17?/m0/s1. The number of likely N-dealkylation sites (tertiary alicyclic amines) is 1. The highest BCUT2D eigenvalue weighted by Gasteiger charge is 2.35. The van der Waals surface area contributed by atoms with E-state index in [4.69, 9.17) is 0 Å². The molecule has 0 amide bonds. The van der Waals surface area contributed by atoms with Crippen molar-refractivity contribution in [2.75, 3.05) is 19.6 Å². The summed E-state index contributed by atoms with van der Waals surface area (Å²) in [6.45, 7) is 18.6. The summed E-state index contributed by atoms with van der Waals surface area (Å²) in [5.74, 6) is 2.87. The molecule has 0 radical (unpaired) electrons. The van der Waals surface area contributed by atoms with Gasteiger partial charge in [0.15, 0.2) is 0 Å². The van der Waals surface area contributed by atoms with Gasteiger partial charge in [0.1, 0.15) is 0 Å². The number of hydrogen-bond acceptors (Lipinski definition) is 1. The van der Waals surface area contributed by atoms with Crippen LogP contribution in [-0.2, 0) is 0 Å². The third-order valence-electron chi connectivity index (χ3n) is 6.09. The normalized spacial score (nSPS) is 30.9. The molecule has 2 atom stereocenters. The van der Waals surface area contributed by atoms with Gasteiger partial charge in [-0.2, -0.15) is 0 Å².